The lowest BCUT2D eigenvalue weighted by molar-refractivity contribution is -0.121. The zero-order chi connectivity index (χ0) is 19.1. The summed E-state index contributed by atoms with van der Waals surface area (Å²) in [6.07, 6.45) is 3.58. The van der Waals surface area contributed by atoms with Crippen LogP contribution in [0.25, 0.3) is 11.4 Å². The fourth-order valence-corrected chi connectivity index (χ4v) is 2.44. The summed E-state index contributed by atoms with van der Waals surface area (Å²) in [5, 5.41) is 16.5. The molecule has 27 heavy (non-hydrogen) atoms. The van der Waals surface area contributed by atoms with E-state index < -0.39 is 6.10 Å². The molecule has 3 aromatic heterocycles. The number of carbonyl (C=O) groups is 1. The fraction of sp³-hybridized carbons (Fsp3) is 0.278. The van der Waals surface area contributed by atoms with E-state index in [4.69, 9.17) is 4.52 Å². The molecule has 0 spiro atoms. The first-order chi connectivity index (χ1) is 13.1. The van der Waals surface area contributed by atoms with Crippen LogP contribution in [0.4, 0.5) is 0 Å². The Labute approximate surface area is 154 Å². The second-order valence-corrected chi connectivity index (χ2v) is 5.90. The van der Waals surface area contributed by atoms with Gasteiger partial charge in [-0.3, -0.25) is 14.6 Å². The number of aliphatic hydroxyl groups excluding tert-OH is 1. The van der Waals surface area contributed by atoms with Gasteiger partial charge < -0.3 is 19.9 Å². The Balaban J connectivity index is 1.41. The number of nitrogens with zero attached hydrogens (tertiary/aromatic N) is 3. The lowest BCUT2D eigenvalue weighted by atomic mass is 10.2. The van der Waals surface area contributed by atoms with Gasteiger partial charge in [0.1, 0.15) is 6.10 Å². The number of aromatic amines is 1. The summed E-state index contributed by atoms with van der Waals surface area (Å²) in [6, 6.07) is 8.11. The first-order valence-corrected chi connectivity index (χ1v) is 8.49. The number of amides is 1. The molecule has 0 saturated carbocycles. The van der Waals surface area contributed by atoms with E-state index >= 15 is 0 Å². The van der Waals surface area contributed by atoms with Crippen molar-refractivity contribution in [1.82, 2.24) is 25.4 Å². The summed E-state index contributed by atoms with van der Waals surface area (Å²) in [7, 11) is 0. The molecule has 0 aliphatic heterocycles. The van der Waals surface area contributed by atoms with Crippen molar-refractivity contribution in [3.8, 4) is 11.4 Å². The Morgan fingerprint density at radius 1 is 1.30 bits per heavy atom. The molecule has 3 rings (SSSR count). The van der Waals surface area contributed by atoms with Crippen LogP contribution in [-0.4, -0.2) is 37.7 Å². The number of aliphatic hydroxyl groups is 1. The van der Waals surface area contributed by atoms with Gasteiger partial charge in [-0.1, -0.05) is 11.2 Å². The van der Waals surface area contributed by atoms with Crippen molar-refractivity contribution in [1.29, 1.82) is 0 Å². The third-order valence-electron chi connectivity index (χ3n) is 3.82. The number of hydrogen-bond donors (Lipinski definition) is 3. The van der Waals surface area contributed by atoms with Crippen LogP contribution in [0.1, 0.15) is 30.5 Å². The van der Waals surface area contributed by atoms with E-state index in [0.29, 0.717) is 30.3 Å². The molecule has 9 nitrogen and oxygen atoms in total. The van der Waals surface area contributed by atoms with Gasteiger partial charge in [0.2, 0.25) is 23.2 Å². The number of hydrogen-bond acceptors (Lipinski definition) is 7. The third-order valence-corrected chi connectivity index (χ3v) is 3.82. The SMILES string of the molecule is O=C(CCCc1nc(-c2cccnc2)no1)NCC(O)c1cccc(=O)[nH]1. The van der Waals surface area contributed by atoms with E-state index in [1.54, 1.807) is 30.6 Å². The molecule has 1 unspecified atom stereocenters. The third kappa shape index (κ3) is 5.32. The summed E-state index contributed by atoms with van der Waals surface area (Å²) >= 11 is 0. The minimum absolute atomic E-state index is 0.0184. The van der Waals surface area contributed by atoms with E-state index in [9.17, 15) is 14.7 Å². The molecular weight excluding hydrogens is 350 g/mol. The fourth-order valence-electron chi connectivity index (χ4n) is 2.44. The zero-order valence-corrected chi connectivity index (χ0v) is 14.5. The van der Waals surface area contributed by atoms with Crippen molar-refractivity contribution >= 4 is 5.91 Å². The smallest absolute Gasteiger partial charge is 0.248 e. The monoisotopic (exact) mass is 369 g/mol. The van der Waals surface area contributed by atoms with Gasteiger partial charge in [0, 0.05) is 49.1 Å². The molecule has 1 amide bonds. The van der Waals surface area contributed by atoms with Crippen LogP contribution in [0.2, 0.25) is 0 Å². The molecular formula is C18H19N5O4. The predicted octanol–water partition coefficient (Wildman–Crippen LogP) is 0.992. The number of nitrogens with one attached hydrogen (secondary N) is 2. The van der Waals surface area contributed by atoms with Gasteiger partial charge in [-0.25, -0.2) is 0 Å². The Kier molecular flexibility index (Phi) is 6.06. The van der Waals surface area contributed by atoms with E-state index in [1.807, 2.05) is 6.07 Å². The van der Waals surface area contributed by atoms with Gasteiger partial charge in [-0.15, -0.1) is 0 Å². The molecule has 3 heterocycles. The largest absolute Gasteiger partial charge is 0.385 e. The van der Waals surface area contributed by atoms with Crippen molar-refractivity contribution in [2.75, 3.05) is 6.54 Å². The van der Waals surface area contributed by atoms with Gasteiger partial charge in [0.05, 0.1) is 0 Å². The van der Waals surface area contributed by atoms with Crippen LogP contribution in [-0.2, 0) is 11.2 Å². The first-order valence-electron chi connectivity index (χ1n) is 8.49. The topological polar surface area (TPSA) is 134 Å². The maximum absolute atomic E-state index is 11.9. The normalized spacial score (nSPS) is 11.9. The standard InChI is InChI=1S/C18H19N5O4/c24-14(13-5-1-7-16(26)21-13)11-20-15(25)6-2-8-17-22-18(23-27-17)12-4-3-9-19-10-12/h1,3-5,7,9-10,14,24H,2,6,8,11H2,(H,20,25)(H,21,26). The average Bonchev–Trinajstić information content (AvgIpc) is 3.16. The molecule has 1 atom stereocenters. The lowest BCUT2D eigenvalue weighted by Gasteiger charge is -2.11. The number of carbonyl (C=O) groups excluding carboxylic acids is 1. The van der Waals surface area contributed by atoms with Crippen molar-refractivity contribution in [2.24, 2.45) is 0 Å². The van der Waals surface area contributed by atoms with E-state index in [-0.39, 0.29) is 24.4 Å². The molecule has 0 bridgehead atoms. The number of pyridine rings is 2. The van der Waals surface area contributed by atoms with Crippen LogP contribution >= 0.6 is 0 Å². The molecule has 9 heteroatoms. The quantitative estimate of drug-likeness (QED) is 0.539. The molecule has 0 aliphatic rings. The minimum atomic E-state index is -0.971. The first kappa shape index (κ1) is 18.5. The van der Waals surface area contributed by atoms with Gasteiger partial charge in [-0.2, -0.15) is 4.98 Å². The van der Waals surface area contributed by atoms with Crippen LogP contribution in [0.15, 0.2) is 52.0 Å². The van der Waals surface area contributed by atoms with Gasteiger partial charge >= 0.3 is 0 Å². The average molecular weight is 369 g/mol. The summed E-state index contributed by atoms with van der Waals surface area (Å²) < 4.78 is 5.17. The predicted molar refractivity (Wildman–Crippen MR) is 95.5 cm³/mol. The Bertz CT molecular complexity index is 938. The van der Waals surface area contributed by atoms with Gasteiger partial charge in [0.25, 0.3) is 0 Å². The number of rotatable bonds is 8. The van der Waals surface area contributed by atoms with E-state index in [2.05, 4.69) is 25.4 Å². The highest BCUT2D eigenvalue weighted by atomic mass is 16.5. The molecule has 140 valence electrons. The molecule has 3 aromatic rings. The number of aromatic nitrogens is 4. The highest BCUT2D eigenvalue weighted by molar-refractivity contribution is 5.75. The highest BCUT2D eigenvalue weighted by Gasteiger charge is 2.12. The van der Waals surface area contributed by atoms with Crippen molar-refractivity contribution in [3.63, 3.8) is 0 Å². The van der Waals surface area contributed by atoms with Gasteiger partial charge in [-0.05, 0) is 24.6 Å². The second kappa shape index (κ2) is 8.86. The molecule has 0 saturated heterocycles. The summed E-state index contributed by atoms with van der Waals surface area (Å²) in [5.74, 6) is 0.699. The summed E-state index contributed by atoms with van der Waals surface area (Å²) in [5.41, 5.74) is 0.817. The van der Waals surface area contributed by atoms with Gasteiger partial charge in [0.15, 0.2) is 0 Å². The molecule has 0 aliphatic carbocycles. The molecule has 3 N–H and O–H groups in total. The Hall–Kier alpha value is -3.33. The maximum atomic E-state index is 11.9. The molecule has 0 fully saturated rings. The van der Waals surface area contributed by atoms with E-state index in [1.165, 1.54) is 6.07 Å². The van der Waals surface area contributed by atoms with Crippen LogP contribution in [0.5, 0.6) is 0 Å². The summed E-state index contributed by atoms with van der Waals surface area (Å²) in [4.78, 5) is 33.9. The second-order valence-electron chi connectivity index (χ2n) is 5.90. The van der Waals surface area contributed by atoms with Crippen LogP contribution in [0, 0.1) is 0 Å². The zero-order valence-electron chi connectivity index (χ0n) is 14.5. The van der Waals surface area contributed by atoms with E-state index in [0.717, 1.165) is 5.56 Å². The number of H-pyrrole nitrogens is 1. The van der Waals surface area contributed by atoms with Crippen LogP contribution in [0.3, 0.4) is 0 Å². The summed E-state index contributed by atoms with van der Waals surface area (Å²) in [6.45, 7) is 0.0184. The molecule has 0 aromatic carbocycles. The van der Waals surface area contributed by atoms with Crippen molar-refractivity contribution in [3.05, 3.63) is 64.7 Å². The molecule has 0 radical (unpaired) electrons. The Morgan fingerprint density at radius 3 is 2.96 bits per heavy atom. The minimum Gasteiger partial charge on any atom is -0.385 e. The van der Waals surface area contributed by atoms with Crippen LogP contribution < -0.4 is 10.9 Å². The van der Waals surface area contributed by atoms with Crippen molar-refractivity contribution in [2.45, 2.75) is 25.4 Å². The van der Waals surface area contributed by atoms with Crippen molar-refractivity contribution < 1.29 is 14.4 Å². The maximum Gasteiger partial charge on any atom is 0.248 e. The number of aryl methyl sites for hydroxylation is 1. The highest BCUT2D eigenvalue weighted by Crippen LogP contribution is 2.14. The Morgan fingerprint density at radius 2 is 2.19 bits per heavy atom. The lowest BCUT2D eigenvalue weighted by Crippen LogP contribution is -2.29.